The van der Waals surface area contributed by atoms with Crippen molar-refractivity contribution in [2.24, 2.45) is 0 Å². The van der Waals surface area contributed by atoms with E-state index in [4.69, 9.17) is 32.7 Å². The second-order valence-electron chi connectivity index (χ2n) is 4.47. The number of carbonyl (C=O) groups is 1. The fourth-order valence-electron chi connectivity index (χ4n) is 2.04. The fourth-order valence-corrected chi connectivity index (χ4v) is 2.61. The second kappa shape index (κ2) is 5.84. The van der Waals surface area contributed by atoms with Crippen LogP contribution in [0.3, 0.4) is 0 Å². The zero-order valence-corrected chi connectivity index (χ0v) is 12.4. The van der Waals surface area contributed by atoms with Crippen molar-refractivity contribution in [1.82, 2.24) is 5.32 Å². The van der Waals surface area contributed by atoms with Gasteiger partial charge in [0.1, 0.15) is 0 Å². The summed E-state index contributed by atoms with van der Waals surface area (Å²) < 4.78 is 10.5. The molecule has 0 atom stereocenters. The number of hydrogen-bond donors (Lipinski definition) is 1. The molecule has 1 aliphatic heterocycles. The van der Waals surface area contributed by atoms with E-state index >= 15 is 0 Å². The normalized spacial score (nSPS) is 12.3. The van der Waals surface area contributed by atoms with E-state index in [-0.39, 0.29) is 18.3 Å². The number of nitrogens with one attached hydrogen (secondary N) is 1. The molecule has 3 rings (SSSR count). The van der Waals surface area contributed by atoms with E-state index in [0.717, 1.165) is 5.56 Å². The van der Waals surface area contributed by atoms with Crippen LogP contribution < -0.4 is 14.8 Å². The molecule has 0 saturated carbocycles. The molecule has 0 unspecified atom stereocenters. The predicted octanol–water partition coefficient (Wildman–Crippen LogP) is 3.65. The molecule has 4 nitrogen and oxygen atoms in total. The maximum atomic E-state index is 12.2. The quantitative estimate of drug-likeness (QED) is 0.937. The first kappa shape index (κ1) is 14.0. The Bertz CT molecular complexity index is 683. The zero-order valence-electron chi connectivity index (χ0n) is 10.9. The molecule has 6 heteroatoms. The maximum absolute atomic E-state index is 12.2. The molecule has 2 aromatic carbocycles. The van der Waals surface area contributed by atoms with Crippen molar-refractivity contribution in [3.63, 3.8) is 0 Å². The van der Waals surface area contributed by atoms with E-state index in [9.17, 15) is 4.79 Å². The Morgan fingerprint density at radius 1 is 1.10 bits per heavy atom. The van der Waals surface area contributed by atoms with E-state index in [1.807, 2.05) is 18.2 Å². The summed E-state index contributed by atoms with van der Waals surface area (Å²) in [5, 5.41) is 3.43. The average Bonchev–Trinajstić information content (AvgIpc) is 2.92. The van der Waals surface area contributed by atoms with Gasteiger partial charge in [-0.25, -0.2) is 0 Å². The van der Waals surface area contributed by atoms with Gasteiger partial charge in [-0.15, -0.1) is 0 Å². The molecule has 2 aromatic rings. The molecule has 1 aliphatic rings. The summed E-state index contributed by atoms with van der Waals surface area (Å²) in [7, 11) is 0. The van der Waals surface area contributed by atoms with Crippen LogP contribution in [0.4, 0.5) is 0 Å². The lowest BCUT2D eigenvalue weighted by molar-refractivity contribution is 0.0951. The van der Waals surface area contributed by atoms with Crippen LogP contribution in [0.2, 0.25) is 10.0 Å². The number of hydrogen-bond acceptors (Lipinski definition) is 3. The highest BCUT2D eigenvalue weighted by atomic mass is 35.5. The second-order valence-corrected chi connectivity index (χ2v) is 5.28. The van der Waals surface area contributed by atoms with Gasteiger partial charge in [0, 0.05) is 6.54 Å². The van der Waals surface area contributed by atoms with Crippen molar-refractivity contribution in [3.05, 3.63) is 57.6 Å². The van der Waals surface area contributed by atoms with Gasteiger partial charge in [0.2, 0.25) is 6.79 Å². The summed E-state index contributed by atoms with van der Waals surface area (Å²) in [4.78, 5) is 12.2. The minimum Gasteiger partial charge on any atom is -0.454 e. The molecule has 0 bridgehead atoms. The number of rotatable bonds is 3. The Hall–Kier alpha value is -1.91. The van der Waals surface area contributed by atoms with Crippen LogP contribution in [-0.4, -0.2) is 12.7 Å². The minimum absolute atomic E-state index is 0.223. The number of fused-ring (bicyclic) bond motifs is 1. The maximum Gasteiger partial charge on any atom is 0.254 e. The van der Waals surface area contributed by atoms with Crippen molar-refractivity contribution in [3.8, 4) is 11.5 Å². The third-order valence-corrected chi connectivity index (χ3v) is 3.71. The summed E-state index contributed by atoms with van der Waals surface area (Å²) in [6, 6.07) is 10.5. The van der Waals surface area contributed by atoms with Crippen molar-refractivity contribution in [2.45, 2.75) is 6.54 Å². The smallest absolute Gasteiger partial charge is 0.254 e. The number of amides is 1. The highest BCUT2D eigenvalue weighted by molar-refractivity contribution is 6.39. The van der Waals surface area contributed by atoms with Crippen molar-refractivity contribution in [1.29, 1.82) is 0 Å². The topological polar surface area (TPSA) is 47.6 Å². The third kappa shape index (κ3) is 2.91. The van der Waals surface area contributed by atoms with Crippen LogP contribution in [0.15, 0.2) is 36.4 Å². The van der Waals surface area contributed by atoms with Gasteiger partial charge >= 0.3 is 0 Å². The molecule has 0 fully saturated rings. The van der Waals surface area contributed by atoms with Gasteiger partial charge in [-0.2, -0.15) is 0 Å². The van der Waals surface area contributed by atoms with Gasteiger partial charge < -0.3 is 14.8 Å². The number of carbonyl (C=O) groups excluding carboxylic acids is 1. The molecule has 0 radical (unpaired) electrons. The van der Waals surface area contributed by atoms with Crippen molar-refractivity contribution >= 4 is 29.1 Å². The summed E-state index contributed by atoms with van der Waals surface area (Å²) >= 11 is 12.0. The fraction of sp³-hybridized carbons (Fsp3) is 0.133. The van der Waals surface area contributed by atoms with Crippen molar-refractivity contribution in [2.75, 3.05) is 6.79 Å². The molecule has 1 amide bonds. The molecule has 21 heavy (non-hydrogen) atoms. The minimum atomic E-state index is -0.316. The summed E-state index contributed by atoms with van der Waals surface area (Å²) in [5.74, 6) is 1.07. The van der Waals surface area contributed by atoms with Gasteiger partial charge in [-0.05, 0) is 29.8 Å². The number of benzene rings is 2. The lowest BCUT2D eigenvalue weighted by Crippen LogP contribution is -2.23. The lowest BCUT2D eigenvalue weighted by Gasteiger charge is -2.09. The molecule has 1 heterocycles. The molecule has 0 spiro atoms. The van der Waals surface area contributed by atoms with Gasteiger partial charge in [-0.3, -0.25) is 4.79 Å². The number of ether oxygens (including phenoxy) is 2. The van der Waals surface area contributed by atoms with E-state index in [1.54, 1.807) is 18.2 Å². The van der Waals surface area contributed by atoms with E-state index in [2.05, 4.69) is 5.32 Å². The van der Waals surface area contributed by atoms with Gasteiger partial charge in [-0.1, -0.05) is 35.3 Å². The van der Waals surface area contributed by atoms with Gasteiger partial charge in [0.25, 0.3) is 5.91 Å². The van der Waals surface area contributed by atoms with Crippen LogP contribution in [0.25, 0.3) is 0 Å². The summed E-state index contributed by atoms with van der Waals surface area (Å²) in [6.45, 7) is 0.567. The van der Waals surface area contributed by atoms with Crippen molar-refractivity contribution < 1.29 is 14.3 Å². The first-order chi connectivity index (χ1) is 10.1. The molecule has 0 aromatic heterocycles. The van der Waals surface area contributed by atoms with Crippen LogP contribution in [0, 0.1) is 0 Å². The molecule has 0 saturated heterocycles. The molecule has 1 N–H and O–H groups in total. The Morgan fingerprint density at radius 3 is 2.57 bits per heavy atom. The van der Waals surface area contributed by atoms with Gasteiger partial charge in [0.05, 0.1) is 15.6 Å². The summed E-state index contributed by atoms with van der Waals surface area (Å²) in [5.41, 5.74) is 1.18. The van der Waals surface area contributed by atoms with Crippen LogP contribution >= 0.6 is 23.2 Å². The molecular formula is C15H11Cl2NO3. The molecule has 108 valence electrons. The Kier molecular flexibility index (Phi) is 3.90. The third-order valence-electron chi connectivity index (χ3n) is 3.08. The Labute approximate surface area is 131 Å². The molecular weight excluding hydrogens is 313 g/mol. The largest absolute Gasteiger partial charge is 0.454 e. The summed E-state index contributed by atoms with van der Waals surface area (Å²) in [6.07, 6.45) is 0. The van der Waals surface area contributed by atoms with Crippen LogP contribution in [-0.2, 0) is 6.54 Å². The van der Waals surface area contributed by atoms with Crippen LogP contribution in [0.1, 0.15) is 15.9 Å². The highest BCUT2D eigenvalue weighted by Gasteiger charge is 2.16. The SMILES string of the molecule is O=C(NCc1ccc2c(c1)OCO2)c1c(Cl)cccc1Cl. The van der Waals surface area contributed by atoms with E-state index in [0.29, 0.717) is 28.1 Å². The van der Waals surface area contributed by atoms with Crippen LogP contribution in [0.5, 0.6) is 11.5 Å². The monoisotopic (exact) mass is 323 g/mol. The Balaban J connectivity index is 1.71. The number of halogens is 2. The first-order valence-corrected chi connectivity index (χ1v) is 7.01. The average molecular weight is 324 g/mol. The highest BCUT2D eigenvalue weighted by Crippen LogP contribution is 2.32. The predicted molar refractivity (Wildman–Crippen MR) is 80.2 cm³/mol. The molecule has 0 aliphatic carbocycles. The van der Waals surface area contributed by atoms with E-state index < -0.39 is 0 Å². The Morgan fingerprint density at radius 2 is 1.81 bits per heavy atom. The van der Waals surface area contributed by atoms with E-state index in [1.165, 1.54) is 0 Å². The standard InChI is InChI=1S/C15H11Cl2NO3/c16-10-2-1-3-11(17)14(10)15(19)18-7-9-4-5-12-13(6-9)21-8-20-12/h1-6H,7-8H2,(H,18,19). The zero-order chi connectivity index (χ0) is 14.8. The lowest BCUT2D eigenvalue weighted by atomic mass is 10.1. The van der Waals surface area contributed by atoms with Gasteiger partial charge in [0.15, 0.2) is 11.5 Å². The first-order valence-electron chi connectivity index (χ1n) is 6.26.